The number of hydrogen-bond donors (Lipinski definition) is 0. The Bertz CT molecular complexity index is 1040. The molecule has 0 N–H and O–H groups in total. The zero-order valence-electron chi connectivity index (χ0n) is 14.0. The number of allylic oxidation sites excluding steroid dienone is 1. The predicted octanol–water partition coefficient (Wildman–Crippen LogP) is 2.95. The lowest BCUT2D eigenvalue weighted by molar-refractivity contribution is 0.613. The molecular formula is C21H18FN3. The summed E-state index contributed by atoms with van der Waals surface area (Å²) in [5.74, 6) is 0.282. The van der Waals surface area contributed by atoms with Gasteiger partial charge in [0.05, 0.1) is 5.35 Å². The second kappa shape index (κ2) is 7.18. The Kier molecular flexibility index (Phi) is 4.80. The number of hydrogen-bond acceptors (Lipinski definition) is 3. The molecule has 0 radical (unpaired) electrons. The average molecular weight is 331 g/mol. The lowest BCUT2D eigenvalue weighted by Gasteiger charge is -2.08. The van der Waals surface area contributed by atoms with E-state index in [9.17, 15) is 4.39 Å². The Morgan fingerprint density at radius 1 is 1.12 bits per heavy atom. The topological polar surface area (TPSA) is 38.7 Å². The van der Waals surface area contributed by atoms with Crippen LogP contribution in [0.3, 0.4) is 0 Å². The van der Waals surface area contributed by atoms with Gasteiger partial charge in [-0.1, -0.05) is 43.5 Å². The van der Waals surface area contributed by atoms with Crippen LogP contribution >= 0.6 is 0 Å². The molecule has 3 aromatic rings. The number of rotatable bonds is 4. The molecule has 25 heavy (non-hydrogen) atoms. The Hall–Kier alpha value is -3.14. The Labute approximate surface area is 145 Å². The third kappa shape index (κ3) is 3.69. The van der Waals surface area contributed by atoms with Gasteiger partial charge in [-0.25, -0.2) is 19.3 Å². The van der Waals surface area contributed by atoms with Gasteiger partial charge in [-0.3, -0.25) is 0 Å². The van der Waals surface area contributed by atoms with Gasteiger partial charge in [-0.2, -0.15) is 0 Å². The van der Waals surface area contributed by atoms with Crippen LogP contribution in [0.4, 0.5) is 4.39 Å². The van der Waals surface area contributed by atoms with E-state index in [2.05, 4.69) is 28.1 Å². The maximum absolute atomic E-state index is 13.9. The maximum Gasteiger partial charge on any atom is 0.178 e. The Balaban J connectivity index is 2.04. The van der Waals surface area contributed by atoms with E-state index in [1.165, 1.54) is 6.07 Å². The summed E-state index contributed by atoms with van der Waals surface area (Å²) >= 11 is 0. The van der Waals surface area contributed by atoms with E-state index in [-0.39, 0.29) is 5.82 Å². The summed E-state index contributed by atoms with van der Waals surface area (Å²) in [6.07, 6.45) is 5.52. The van der Waals surface area contributed by atoms with Crippen LogP contribution < -0.4 is 10.6 Å². The molecule has 2 heterocycles. The van der Waals surface area contributed by atoms with Gasteiger partial charge >= 0.3 is 0 Å². The van der Waals surface area contributed by atoms with Gasteiger partial charge in [0, 0.05) is 23.5 Å². The molecule has 0 atom stereocenters. The molecule has 3 rings (SSSR count). The number of nitrogens with zero attached hydrogens (tertiary/aromatic N) is 3. The second-order valence-corrected chi connectivity index (χ2v) is 5.73. The minimum absolute atomic E-state index is 0.227. The standard InChI is InChI=1S/C21H18FN3/c1-4-7-18-15(3)13-23-21(25-18)19-11-10-14(2)20(24-19)12-16-8-5-6-9-17(16)22/h4-11,13H,1,3,12H2,2H3/b18-7+. The number of halogens is 1. The number of pyridine rings is 1. The molecule has 0 saturated heterocycles. The normalized spacial score (nSPS) is 11.5. The van der Waals surface area contributed by atoms with Gasteiger partial charge in [0.15, 0.2) is 5.82 Å². The minimum atomic E-state index is -0.227. The van der Waals surface area contributed by atoms with E-state index >= 15 is 0 Å². The van der Waals surface area contributed by atoms with Crippen molar-refractivity contribution in [3.63, 3.8) is 0 Å². The van der Waals surface area contributed by atoms with Gasteiger partial charge in [0.2, 0.25) is 0 Å². The first-order valence-corrected chi connectivity index (χ1v) is 7.93. The molecule has 0 aliphatic carbocycles. The zero-order chi connectivity index (χ0) is 17.8. The molecule has 0 aliphatic heterocycles. The van der Waals surface area contributed by atoms with Crippen molar-refractivity contribution in [1.82, 2.24) is 15.0 Å². The molecule has 0 aliphatic rings. The van der Waals surface area contributed by atoms with Crippen LogP contribution in [0.5, 0.6) is 0 Å². The molecular weight excluding hydrogens is 313 g/mol. The number of aryl methyl sites for hydroxylation is 1. The third-order valence-corrected chi connectivity index (χ3v) is 3.92. The summed E-state index contributed by atoms with van der Waals surface area (Å²) in [4.78, 5) is 13.5. The van der Waals surface area contributed by atoms with Crippen molar-refractivity contribution >= 4 is 12.7 Å². The second-order valence-electron chi connectivity index (χ2n) is 5.73. The quantitative estimate of drug-likeness (QED) is 0.738. The number of aromatic nitrogens is 3. The SMILES string of the molecule is C=C/C=c1/nc(-c2ccc(C)c(Cc3ccccc3F)n2)ncc1=C. The largest absolute Gasteiger partial charge is 0.249 e. The summed E-state index contributed by atoms with van der Waals surface area (Å²) in [5.41, 5.74) is 3.07. The van der Waals surface area contributed by atoms with Crippen molar-refractivity contribution in [2.24, 2.45) is 0 Å². The van der Waals surface area contributed by atoms with Gasteiger partial charge in [-0.15, -0.1) is 0 Å². The molecule has 0 fully saturated rings. The highest BCUT2D eigenvalue weighted by Crippen LogP contribution is 2.18. The van der Waals surface area contributed by atoms with Gasteiger partial charge in [0.1, 0.15) is 11.5 Å². The van der Waals surface area contributed by atoms with E-state index in [0.717, 1.165) is 16.5 Å². The molecule has 0 saturated carbocycles. The van der Waals surface area contributed by atoms with Crippen molar-refractivity contribution in [2.45, 2.75) is 13.3 Å². The molecule has 1 aromatic carbocycles. The lowest BCUT2D eigenvalue weighted by Crippen LogP contribution is -2.28. The Morgan fingerprint density at radius 2 is 1.92 bits per heavy atom. The molecule has 124 valence electrons. The van der Waals surface area contributed by atoms with E-state index < -0.39 is 0 Å². The van der Waals surface area contributed by atoms with Crippen LogP contribution in [0, 0.1) is 12.7 Å². The van der Waals surface area contributed by atoms with E-state index in [0.29, 0.717) is 28.9 Å². The monoisotopic (exact) mass is 331 g/mol. The summed E-state index contributed by atoms with van der Waals surface area (Å²) < 4.78 is 13.9. The molecule has 0 spiro atoms. The van der Waals surface area contributed by atoms with E-state index in [1.54, 1.807) is 30.5 Å². The van der Waals surface area contributed by atoms with Crippen molar-refractivity contribution in [3.8, 4) is 11.5 Å². The molecule has 3 nitrogen and oxygen atoms in total. The fraction of sp³-hybridized carbons (Fsp3) is 0.0952. The third-order valence-electron chi connectivity index (χ3n) is 3.92. The summed E-state index contributed by atoms with van der Waals surface area (Å²) in [6, 6.07) is 10.6. The van der Waals surface area contributed by atoms with Crippen molar-refractivity contribution in [1.29, 1.82) is 0 Å². The fourth-order valence-corrected chi connectivity index (χ4v) is 2.50. The van der Waals surface area contributed by atoms with Crippen molar-refractivity contribution in [3.05, 3.63) is 88.5 Å². The van der Waals surface area contributed by atoms with Crippen LogP contribution in [-0.2, 0) is 6.42 Å². The zero-order valence-corrected chi connectivity index (χ0v) is 14.0. The fourth-order valence-electron chi connectivity index (χ4n) is 2.50. The highest BCUT2D eigenvalue weighted by atomic mass is 19.1. The van der Waals surface area contributed by atoms with Crippen molar-refractivity contribution in [2.75, 3.05) is 0 Å². The first-order chi connectivity index (χ1) is 12.1. The van der Waals surface area contributed by atoms with Crippen molar-refractivity contribution < 1.29 is 4.39 Å². The summed E-state index contributed by atoms with van der Waals surface area (Å²) in [7, 11) is 0. The van der Waals surface area contributed by atoms with Crippen LogP contribution in [0.1, 0.15) is 16.8 Å². The van der Waals surface area contributed by atoms with Gasteiger partial charge in [0.25, 0.3) is 0 Å². The summed E-state index contributed by atoms with van der Waals surface area (Å²) in [6.45, 7) is 9.55. The molecule has 2 aromatic heterocycles. The highest BCUT2D eigenvalue weighted by molar-refractivity contribution is 5.51. The highest BCUT2D eigenvalue weighted by Gasteiger charge is 2.10. The summed E-state index contributed by atoms with van der Waals surface area (Å²) in [5, 5.41) is 1.43. The average Bonchev–Trinajstić information content (AvgIpc) is 2.61. The smallest absolute Gasteiger partial charge is 0.178 e. The van der Waals surface area contributed by atoms with Crippen LogP contribution in [0.2, 0.25) is 0 Å². The van der Waals surface area contributed by atoms with E-state index in [1.807, 2.05) is 25.1 Å². The molecule has 0 amide bonds. The Morgan fingerprint density at radius 3 is 2.68 bits per heavy atom. The maximum atomic E-state index is 13.9. The van der Waals surface area contributed by atoms with E-state index in [4.69, 9.17) is 0 Å². The predicted molar refractivity (Wildman–Crippen MR) is 98.6 cm³/mol. The first-order valence-electron chi connectivity index (χ1n) is 7.93. The van der Waals surface area contributed by atoms with Crippen LogP contribution in [0.25, 0.3) is 24.2 Å². The van der Waals surface area contributed by atoms with Gasteiger partial charge in [-0.05, 0) is 36.3 Å². The van der Waals surface area contributed by atoms with Crippen LogP contribution in [-0.4, -0.2) is 15.0 Å². The van der Waals surface area contributed by atoms with Crippen LogP contribution in [0.15, 0.2) is 55.3 Å². The molecule has 0 unspecified atom stereocenters. The number of benzene rings is 1. The molecule has 0 bridgehead atoms. The minimum Gasteiger partial charge on any atom is -0.249 e. The van der Waals surface area contributed by atoms with Gasteiger partial charge < -0.3 is 0 Å². The first kappa shape index (κ1) is 16.7. The lowest BCUT2D eigenvalue weighted by atomic mass is 10.0. The molecule has 4 heteroatoms.